The summed E-state index contributed by atoms with van der Waals surface area (Å²) >= 11 is 0. The van der Waals surface area contributed by atoms with Crippen LogP contribution in [0.1, 0.15) is 43.7 Å². The monoisotopic (exact) mass is 259 g/mol. The van der Waals surface area contributed by atoms with E-state index >= 15 is 0 Å². The van der Waals surface area contributed by atoms with Crippen LogP contribution in [0.5, 0.6) is 0 Å². The molecule has 1 unspecified atom stereocenters. The lowest BCUT2D eigenvalue weighted by Crippen LogP contribution is -2.27. The van der Waals surface area contributed by atoms with E-state index in [1.54, 1.807) is 6.26 Å². The molecule has 0 saturated heterocycles. The molecule has 4 nitrogen and oxygen atoms in total. The molecular weight excluding hydrogens is 238 g/mol. The molecule has 0 aliphatic heterocycles. The van der Waals surface area contributed by atoms with Crippen LogP contribution in [0.15, 0.2) is 35.3 Å². The molecule has 3 rings (SSSR count). The highest BCUT2D eigenvalue weighted by molar-refractivity contribution is 5.03. The average Bonchev–Trinajstić information content (AvgIpc) is 2.94. The van der Waals surface area contributed by atoms with Crippen LogP contribution in [0.3, 0.4) is 0 Å². The standard InChI is InChI=1S/C15H21N3O/c1-12(4-7-15-3-2-8-19-15)17-10-14-9-16-11-18(14)13-5-6-13/h2-3,8-9,11-13,17H,4-7,10H2,1H3. The zero-order chi connectivity index (χ0) is 13.1. The average molecular weight is 259 g/mol. The predicted molar refractivity (Wildman–Crippen MR) is 73.8 cm³/mol. The van der Waals surface area contributed by atoms with Gasteiger partial charge in [0.25, 0.3) is 0 Å². The maximum absolute atomic E-state index is 5.35. The number of hydrogen-bond donors (Lipinski definition) is 1. The third-order valence-corrected chi connectivity index (χ3v) is 3.72. The SMILES string of the molecule is CC(CCc1ccco1)NCc1cncn1C1CC1. The van der Waals surface area contributed by atoms with Crippen molar-refractivity contribution >= 4 is 0 Å². The molecule has 1 fully saturated rings. The Morgan fingerprint density at radius 3 is 3.16 bits per heavy atom. The molecule has 0 amide bonds. The fourth-order valence-corrected chi connectivity index (χ4v) is 2.34. The van der Waals surface area contributed by atoms with Gasteiger partial charge in [-0.1, -0.05) is 0 Å². The summed E-state index contributed by atoms with van der Waals surface area (Å²) in [6, 6.07) is 5.17. The van der Waals surface area contributed by atoms with Crippen molar-refractivity contribution in [1.29, 1.82) is 0 Å². The minimum atomic E-state index is 0.479. The molecule has 102 valence electrons. The maximum Gasteiger partial charge on any atom is 0.103 e. The molecule has 1 atom stereocenters. The molecule has 0 radical (unpaired) electrons. The summed E-state index contributed by atoms with van der Waals surface area (Å²) < 4.78 is 7.66. The highest BCUT2D eigenvalue weighted by Crippen LogP contribution is 2.35. The summed E-state index contributed by atoms with van der Waals surface area (Å²) in [5, 5.41) is 3.57. The maximum atomic E-state index is 5.35. The van der Waals surface area contributed by atoms with Gasteiger partial charge in [0.05, 0.1) is 18.3 Å². The largest absolute Gasteiger partial charge is 0.469 e. The number of aryl methyl sites for hydroxylation is 1. The van der Waals surface area contributed by atoms with Crippen molar-refractivity contribution < 1.29 is 4.42 Å². The number of rotatable bonds is 7. The predicted octanol–water partition coefficient (Wildman–Crippen LogP) is 2.92. The molecule has 2 heterocycles. The number of furan rings is 1. The van der Waals surface area contributed by atoms with Gasteiger partial charge < -0.3 is 14.3 Å². The first kappa shape index (κ1) is 12.5. The zero-order valence-electron chi connectivity index (χ0n) is 11.4. The fourth-order valence-electron chi connectivity index (χ4n) is 2.34. The van der Waals surface area contributed by atoms with Crippen LogP contribution in [0.2, 0.25) is 0 Å². The first-order valence-electron chi connectivity index (χ1n) is 7.09. The van der Waals surface area contributed by atoms with E-state index in [-0.39, 0.29) is 0 Å². The normalized spacial score (nSPS) is 16.7. The summed E-state index contributed by atoms with van der Waals surface area (Å²) in [6.07, 6.45) is 10.4. The van der Waals surface area contributed by atoms with Crippen LogP contribution in [0, 0.1) is 0 Å². The molecule has 2 aromatic rings. The number of aromatic nitrogens is 2. The van der Waals surface area contributed by atoms with Crippen LogP contribution < -0.4 is 5.32 Å². The minimum absolute atomic E-state index is 0.479. The minimum Gasteiger partial charge on any atom is -0.469 e. The summed E-state index contributed by atoms with van der Waals surface area (Å²) in [6.45, 7) is 3.12. The Morgan fingerprint density at radius 1 is 1.53 bits per heavy atom. The molecule has 19 heavy (non-hydrogen) atoms. The van der Waals surface area contributed by atoms with Crippen molar-refractivity contribution in [3.8, 4) is 0 Å². The Hall–Kier alpha value is -1.55. The summed E-state index contributed by atoms with van der Waals surface area (Å²) in [4.78, 5) is 4.26. The number of nitrogens with zero attached hydrogens (tertiary/aromatic N) is 2. The summed E-state index contributed by atoms with van der Waals surface area (Å²) in [5.74, 6) is 1.07. The summed E-state index contributed by atoms with van der Waals surface area (Å²) in [5.41, 5.74) is 1.30. The first-order valence-corrected chi connectivity index (χ1v) is 7.09. The molecule has 1 saturated carbocycles. The van der Waals surface area contributed by atoms with E-state index in [0.29, 0.717) is 12.1 Å². The lowest BCUT2D eigenvalue weighted by Gasteiger charge is -2.14. The number of hydrogen-bond acceptors (Lipinski definition) is 3. The van der Waals surface area contributed by atoms with Gasteiger partial charge in [-0.3, -0.25) is 0 Å². The number of nitrogens with one attached hydrogen (secondary N) is 1. The van der Waals surface area contributed by atoms with Crippen LogP contribution in [-0.4, -0.2) is 15.6 Å². The van der Waals surface area contributed by atoms with Crippen molar-refractivity contribution in [1.82, 2.24) is 14.9 Å². The van der Waals surface area contributed by atoms with E-state index in [9.17, 15) is 0 Å². The van der Waals surface area contributed by atoms with Gasteiger partial charge in [0.15, 0.2) is 0 Å². The van der Waals surface area contributed by atoms with Crippen molar-refractivity contribution in [3.05, 3.63) is 42.4 Å². The van der Waals surface area contributed by atoms with Crippen molar-refractivity contribution in [2.75, 3.05) is 0 Å². The molecule has 4 heteroatoms. The quantitative estimate of drug-likeness (QED) is 0.831. The van der Waals surface area contributed by atoms with Crippen LogP contribution >= 0.6 is 0 Å². The van der Waals surface area contributed by atoms with Gasteiger partial charge in [-0.2, -0.15) is 0 Å². The van der Waals surface area contributed by atoms with E-state index in [0.717, 1.165) is 25.1 Å². The van der Waals surface area contributed by atoms with Crippen molar-refractivity contribution in [2.24, 2.45) is 0 Å². The second-order valence-electron chi connectivity index (χ2n) is 5.42. The van der Waals surface area contributed by atoms with E-state index < -0.39 is 0 Å². The van der Waals surface area contributed by atoms with E-state index in [4.69, 9.17) is 4.42 Å². The molecule has 0 aromatic carbocycles. The van der Waals surface area contributed by atoms with E-state index in [1.807, 2.05) is 24.7 Å². The van der Waals surface area contributed by atoms with Gasteiger partial charge in [0.1, 0.15) is 5.76 Å². The van der Waals surface area contributed by atoms with Crippen LogP contribution in [0.4, 0.5) is 0 Å². The van der Waals surface area contributed by atoms with Gasteiger partial charge in [0.2, 0.25) is 0 Å². The molecule has 2 aromatic heterocycles. The second-order valence-corrected chi connectivity index (χ2v) is 5.42. The smallest absolute Gasteiger partial charge is 0.103 e. The third-order valence-electron chi connectivity index (χ3n) is 3.72. The first-order chi connectivity index (χ1) is 9.33. The van der Waals surface area contributed by atoms with Crippen molar-refractivity contribution in [3.63, 3.8) is 0 Å². The molecule has 1 N–H and O–H groups in total. The Labute approximate surface area is 113 Å². The fraction of sp³-hybridized carbons (Fsp3) is 0.533. The highest BCUT2D eigenvalue weighted by atomic mass is 16.3. The van der Waals surface area contributed by atoms with Gasteiger partial charge in [-0.15, -0.1) is 0 Å². The molecule has 0 spiro atoms. The van der Waals surface area contributed by atoms with Gasteiger partial charge in [-0.05, 0) is 38.3 Å². The van der Waals surface area contributed by atoms with Crippen molar-refractivity contribution in [2.45, 2.75) is 51.2 Å². The number of imidazole rings is 1. The van der Waals surface area contributed by atoms with Crippen LogP contribution in [-0.2, 0) is 13.0 Å². The van der Waals surface area contributed by atoms with Gasteiger partial charge in [0, 0.05) is 31.2 Å². The van der Waals surface area contributed by atoms with Gasteiger partial charge >= 0.3 is 0 Å². The second kappa shape index (κ2) is 5.61. The lowest BCUT2D eigenvalue weighted by atomic mass is 10.1. The zero-order valence-corrected chi connectivity index (χ0v) is 11.4. The van der Waals surface area contributed by atoms with Gasteiger partial charge in [-0.25, -0.2) is 4.98 Å². The Balaban J connectivity index is 1.44. The van der Waals surface area contributed by atoms with E-state index in [1.165, 1.54) is 18.5 Å². The highest BCUT2D eigenvalue weighted by Gasteiger charge is 2.25. The third kappa shape index (κ3) is 3.26. The molecule has 1 aliphatic rings. The lowest BCUT2D eigenvalue weighted by molar-refractivity contribution is 0.455. The Morgan fingerprint density at radius 2 is 2.42 bits per heavy atom. The Kier molecular flexibility index (Phi) is 3.69. The molecular formula is C15H21N3O. The Bertz CT molecular complexity index is 499. The van der Waals surface area contributed by atoms with E-state index in [2.05, 4.69) is 21.8 Å². The molecule has 0 bridgehead atoms. The molecule has 1 aliphatic carbocycles. The topological polar surface area (TPSA) is 43.0 Å². The van der Waals surface area contributed by atoms with Crippen LogP contribution in [0.25, 0.3) is 0 Å². The summed E-state index contributed by atoms with van der Waals surface area (Å²) in [7, 11) is 0.